The van der Waals surface area contributed by atoms with Gasteiger partial charge in [0.2, 0.25) is 0 Å². The predicted molar refractivity (Wildman–Crippen MR) is 54.3 cm³/mol. The zero-order valence-electron chi connectivity index (χ0n) is 8.54. The van der Waals surface area contributed by atoms with Crippen molar-refractivity contribution in [2.24, 2.45) is 0 Å². The van der Waals surface area contributed by atoms with Gasteiger partial charge in [-0.25, -0.2) is 0 Å². The lowest BCUT2D eigenvalue weighted by atomic mass is 10.2. The first-order valence-electron chi connectivity index (χ1n) is 5.58. The third kappa shape index (κ3) is 2.92. The van der Waals surface area contributed by atoms with Crippen LogP contribution in [0.15, 0.2) is 0 Å². The Morgan fingerprint density at radius 1 is 1.43 bits per heavy atom. The first-order valence-corrected chi connectivity index (χ1v) is 5.58. The molecule has 2 fully saturated rings. The van der Waals surface area contributed by atoms with Crippen molar-refractivity contribution in [1.29, 1.82) is 0 Å². The molecule has 0 spiro atoms. The summed E-state index contributed by atoms with van der Waals surface area (Å²) in [7, 11) is 0. The SMILES string of the molecule is OC1CNC(CNCC2CCCO2)C1. The number of nitrogens with one attached hydrogen (secondary N) is 2. The standard InChI is InChI=1S/C10H20N2O2/c13-9-4-8(12-6-9)5-11-7-10-2-1-3-14-10/h8-13H,1-7H2. The van der Waals surface area contributed by atoms with Gasteiger partial charge in [-0.1, -0.05) is 0 Å². The highest BCUT2D eigenvalue weighted by atomic mass is 16.5. The van der Waals surface area contributed by atoms with Gasteiger partial charge in [-0.2, -0.15) is 0 Å². The summed E-state index contributed by atoms with van der Waals surface area (Å²) in [5.41, 5.74) is 0. The minimum atomic E-state index is -0.149. The van der Waals surface area contributed by atoms with Gasteiger partial charge >= 0.3 is 0 Å². The molecule has 4 heteroatoms. The van der Waals surface area contributed by atoms with Crippen molar-refractivity contribution in [3.8, 4) is 0 Å². The molecular weight excluding hydrogens is 180 g/mol. The van der Waals surface area contributed by atoms with E-state index in [1.165, 1.54) is 12.8 Å². The number of aliphatic hydroxyl groups is 1. The Labute approximate surface area is 85.0 Å². The van der Waals surface area contributed by atoms with Crippen molar-refractivity contribution < 1.29 is 9.84 Å². The second-order valence-electron chi connectivity index (χ2n) is 4.29. The van der Waals surface area contributed by atoms with Gasteiger partial charge in [-0.05, 0) is 19.3 Å². The summed E-state index contributed by atoms with van der Waals surface area (Å²) in [6.45, 7) is 3.56. The summed E-state index contributed by atoms with van der Waals surface area (Å²) in [4.78, 5) is 0. The van der Waals surface area contributed by atoms with Crippen LogP contribution in [0.3, 0.4) is 0 Å². The zero-order chi connectivity index (χ0) is 9.80. The highest BCUT2D eigenvalue weighted by Crippen LogP contribution is 2.11. The maximum atomic E-state index is 9.30. The summed E-state index contributed by atoms with van der Waals surface area (Å²) in [6.07, 6.45) is 3.53. The van der Waals surface area contributed by atoms with Crippen LogP contribution in [0.1, 0.15) is 19.3 Å². The summed E-state index contributed by atoms with van der Waals surface area (Å²) < 4.78 is 5.51. The zero-order valence-corrected chi connectivity index (χ0v) is 8.54. The summed E-state index contributed by atoms with van der Waals surface area (Å²) in [5.74, 6) is 0. The van der Waals surface area contributed by atoms with E-state index in [9.17, 15) is 5.11 Å². The molecule has 0 aromatic carbocycles. The Morgan fingerprint density at radius 2 is 2.36 bits per heavy atom. The van der Waals surface area contributed by atoms with E-state index in [4.69, 9.17) is 4.74 Å². The van der Waals surface area contributed by atoms with Gasteiger partial charge in [0.05, 0.1) is 12.2 Å². The molecule has 0 aromatic rings. The first kappa shape index (κ1) is 10.4. The first-order chi connectivity index (χ1) is 6.84. The molecule has 2 rings (SSSR count). The van der Waals surface area contributed by atoms with Gasteiger partial charge in [0.1, 0.15) is 0 Å². The lowest BCUT2D eigenvalue weighted by molar-refractivity contribution is 0.109. The average Bonchev–Trinajstić information content (AvgIpc) is 2.77. The van der Waals surface area contributed by atoms with Crippen molar-refractivity contribution in [3.05, 3.63) is 0 Å². The number of aliphatic hydroxyl groups excluding tert-OH is 1. The van der Waals surface area contributed by atoms with Crippen LogP contribution in [0.5, 0.6) is 0 Å². The summed E-state index contributed by atoms with van der Waals surface area (Å²) >= 11 is 0. The molecule has 0 aliphatic carbocycles. The van der Waals surface area contributed by atoms with E-state index < -0.39 is 0 Å². The third-order valence-electron chi connectivity index (χ3n) is 2.99. The normalized spacial score (nSPS) is 37.9. The van der Waals surface area contributed by atoms with Gasteiger partial charge < -0.3 is 20.5 Å². The van der Waals surface area contributed by atoms with Crippen molar-refractivity contribution in [2.75, 3.05) is 26.2 Å². The second kappa shape index (κ2) is 5.07. The number of β-amino-alcohol motifs (C(OH)–C–C–N with tert-alkyl or cyclic N) is 1. The van der Waals surface area contributed by atoms with E-state index in [1.807, 2.05) is 0 Å². The Morgan fingerprint density at radius 3 is 3.00 bits per heavy atom. The van der Waals surface area contributed by atoms with Gasteiger partial charge in [0.15, 0.2) is 0 Å². The number of ether oxygens (including phenoxy) is 1. The highest BCUT2D eigenvalue weighted by Gasteiger charge is 2.22. The maximum Gasteiger partial charge on any atom is 0.0700 e. The molecule has 0 bridgehead atoms. The third-order valence-corrected chi connectivity index (χ3v) is 2.99. The van der Waals surface area contributed by atoms with Crippen LogP contribution in [0, 0.1) is 0 Å². The molecule has 3 unspecified atom stereocenters. The molecule has 3 atom stereocenters. The van der Waals surface area contributed by atoms with Crippen molar-refractivity contribution in [2.45, 2.75) is 37.5 Å². The van der Waals surface area contributed by atoms with E-state index >= 15 is 0 Å². The Kier molecular flexibility index (Phi) is 3.75. The summed E-state index contributed by atoms with van der Waals surface area (Å²) in [6, 6.07) is 0.436. The molecule has 4 nitrogen and oxygen atoms in total. The van der Waals surface area contributed by atoms with Crippen LogP contribution in [0.2, 0.25) is 0 Å². The van der Waals surface area contributed by atoms with E-state index in [0.29, 0.717) is 12.1 Å². The van der Waals surface area contributed by atoms with Crippen molar-refractivity contribution >= 4 is 0 Å². The lowest BCUT2D eigenvalue weighted by Crippen LogP contribution is -2.37. The minimum Gasteiger partial charge on any atom is -0.392 e. The molecule has 82 valence electrons. The quantitative estimate of drug-likeness (QED) is 0.571. The van der Waals surface area contributed by atoms with E-state index in [-0.39, 0.29) is 6.10 Å². The fraction of sp³-hybridized carbons (Fsp3) is 1.00. The molecule has 0 radical (unpaired) electrons. The van der Waals surface area contributed by atoms with Gasteiger partial charge in [0.25, 0.3) is 0 Å². The van der Waals surface area contributed by atoms with Crippen LogP contribution < -0.4 is 10.6 Å². The number of hydrogen-bond donors (Lipinski definition) is 3. The van der Waals surface area contributed by atoms with Gasteiger partial charge in [-0.3, -0.25) is 0 Å². The average molecular weight is 200 g/mol. The monoisotopic (exact) mass is 200 g/mol. The second-order valence-corrected chi connectivity index (χ2v) is 4.29. The topological polar surface area (TPSA) is 53.5 Å². The smallest absolute Gasteiger partial charge is 0.0700 e. The molecule has 3 N–H and O–H groups in total. The minimum absolute atomic E-state index is 0.149. The van der Waals surface area contributed by atoms with Crippen LogP contribution in [-0.2, 0) is 4.74 Å². The van der Waals surface area contributed by atoms with E-state index in [1.54, 1.807) is 0 Å². The Hall–Kier alpha value is -0.160. The maximum absolute atomic E-state index is 9.30. The Balaban J connectivity index is 1.54. The molecule has 14 heavy (non-hydrogen) atoms. The van der Waals surface area contributed by atoms with E-state index in [0.717, 1.165) is 32.7 Å². The fourth-order valence-corrected chi connectivity index (χ4v) is 2.18. The number of rotatable bonds is 4. The van der Waals surface area contributed by atoms with Crippen LogP contribution >= 0.6 is 0 Å². The molecule has 0 amide bonds. The van der Waals surface area contributed by atoms with E-state index in [2.05, 4.69) is 10.6 Å². The largest absolute Gasteiger partial charge is 0.392 e. The molecular formula is C10H20N2O2. The molecule has 0 aromatic heterocycles. The number of hydrogen-bond acceptors (Lipinski definition) is 4. The van der Waals surface area contributed by atoms with Crippen molar-refractivity contribution in [1.82, 2.24) is 10.6 Å². The van der Waals surface area contributed by atoms with Crippen molar-refractivity contribution in [3.63, 3.8) is 0 Å². The Bertz CT molecular complexity index is 172. The molecule has 2 heterocycles. The predicted octanol–water partition coefficient (Wildman–Crippen LogP) is -0.522. The molecule has 2 aliphatic rings. The van der Waals surface area contributed by atoms with Crippen LogP contribution in [0.4, 0.5) is 0 Å². The molecule has 2 aliphatic heterocycles. The lowest BCUT2D eigenvalue weighted by Gasteiger charge is -2.14. The fourth-order valence-electron chi connectivity index (χ4n) is 2.18. The molecule has 0 saturated carbocycles. The highest BCUT2D eigenvalue weighted by molar-refractivity contribution is 4.83. The van der Waals surface area contributed by atoms with Gasteiger partial charge in [-0.15, -0.1) is 0 Å². The van der Waals surface area contributed by atoms with Gasteiger partial charge in [0, 0.05) is 32.3 Å². The molecule has 2 saturated heterocycles. The van der Waals surface area contributed by atoms with Crippen LogP contribution in [-0.4, -0.2) is 49.6 Å². The van der Waals surface area contributed by atoms with Crippen LogP contribution in [0.25, 0.3) is 0 Å². The summed E-state index contributed by atoms with van der Waals surface area (Å²) in [5, 5.41) is 16.0.